The standard InChI is InChI=1S/C16H27NO2/c1-3-16(7-4-8-17(16)2)11-19-15(18)14-10-12-5-6-13(14)9-12/h12-14H,3-11H2,1-2H3/t12-,13-,14-,16+/m0/s1. The van der Waals surface area contributed by atoms with Gasteiger partial charge in [0.1, 0.15) is 6.61 Å². The second-order valence-corrected chi connectivity index (χ2v) is 6.99. The number of hydrogen-bond acceptors (Lipinski definition) is 3. The average Bonchev–Trinajstić information content (AvgIpc) is 3.11. The molecule has 3 heteroatoms. The Morgan fingerprint density at radius 2 is 2.21 bits per heavy atom. The van der Waals surface area contributed by atoms with Crippen LogP contribution in [-0.4, -0.2) is 36.6 Å². The summed E-state index contributed by atoms with van der Waals surface area (Å²) in [4.78, 5) is 14.7. The second-order valence-electron chi connectivity index (χ2n) is 6.99. The van der Waals surface area contributed by atoms with Gasteiger partial charge in [-0.3, -0.25) is 9.69 Å². The predicted octanol–water partition coefficient (Wildman–Crippen LogP) is 2.84. The van der Waals surface area contributed by atoms with Gasteiger partial charge in [-0.05, 0) is 64.0 Å². The molecule has 4 atom stereocenters. The molecule has 3 nitrogen and oxygen atoms in total. The lowest BCUT2D eigenvalue weighted by Crippen LogP contribution is -2.46. The highest BCUT2D eigenvalue weighted by Gasteiger charge is 2.45. The van der Waals surface area contributed by atoms with E-state index in [0.717, 1.165) is 25.3 Å². The molecular weight excluding hydrogens is 238 g/mol. The molecule has 2 aliphatic carbocycles. The third-order valence-electron chi connectivity index (χ3n) is 6.13. The summed E-state index contributed by atoms with van der Waals surface area (Å²) in [5.41, 5.74) is 0.118. The SMILES string of the molecule is CC[C@]1(COC(=O)[C@H]2C[C@H]3CC[C@H]2C3)CCCN1C. The van der Waals surface area contributed by atoms with Crippen LogP contribution in [0.4, 0.5) is 0 Å². The second kappa shape index (κ2) is 5.08. The molecule has 0 spiro atoms. The Morgan fingerprint density at radius 3 is 2.74 bits per heavy atom. The number of hydrogen-bond donors (Lipinski definition) is 0. The van der Waals surface area contributed by atoms with Gasteiger partial charge in [0.05, 0.1) is 11.5 Å². The number of rotatable bonds is 4. The fourth-order valence-electron chi connectivity index (χ4n) is 4.65. The van der Waals surface area contributed by atoms with Crippen molar-refractivity contribution >= 4 is 5.97 Å². The largest absolute Gasteiger partial charge is 0.463 e. The lowest BCUT2D eigenvalue weighted by molar-refractivity contribution is -0.154. The Hall–Kier alpha value is -0.570. The molecule has 0 aromatic rings. The van der Waals surface area contributed by atoms with Crippen molar-refractivity contribution in [2.24, 2.45) is 17.8 Å². The van der Waals surface area contributed by atoms with Gasteiger partial charge >= 0.3 is 5.97 Å². The Kier molecular flexibility index (Phi) is 3.59. The van der Waals surface area contributed by atoms with Crippen LogP contribution in [0.1, 0.15) is 51.9 Å². The van der Waals surface area contributed by atoms with Crippen LogP contribution in [0.25, 0.3) is 0 Å². The first-order chi connectivity index (χ1) is 9.14. The third-order valence-corrected chi connectivity index (χ3v) is 6.13. The summed E-state index contributed by atoms with van der Waals surface area (Å²) < 4.78 is 5.75. The highest BCUT2D eigenvalue weighted by molar-refractivity contribution is 5.73. The van der Waals surface area contributed by atoms with Gasteiger partial charge in [-0.15, -0.1) is 0 Å². The molecule has 3 fully saturated rings. The van der Waals surface area contributed by atoms with E-state index in [1.165, 1.54) is 32.1 Å². The smallest absolute Gasteiger partial charge is 0.309 e. The fourth-order valence-corrected chi connectivity index (χ4v) is 4.65. The van der Waals surface area contributed by atoms with Crippen LogP contribution in [0.3, 0.4) is 0 Å². The normalized spacial score (nSPS) is 41.9. The monoisotopic (exact) mass is 265 g/mol. The minimum Gasteiger partial charge on any atom is -0.463 e. The highest BCUT2D eigenvalue weighted by Crippen LogP contribution is 2.48. The molecule has 0 radical (unpaired) electrons. The number of carbonyl (C=O) groups excluding carboxylic acids is 1. The Bertz CT molecular complexity index is 357. The van der Waals surface area contributed by atoms with E-state index in [0.29, 0.717) is 12.5 Å². The van der Waals surface area contributed by atoms with Crippen molar-refractivity contribution in [2.75, 3.05) is 20.2 Å². The van der Waals surface area contributed by atoms with Crippen molar-refractivity contribution in [3.05, 3.63) is 0 Å². The summed E-state index contributed by atoms with van der Waals surface area (Å²) in [5.74, 6) is 1.77. The fraction of sp³-hybridized carbons (Fsp3) is 0.938. The molecule has 0 amide bonds. The van der Waals surface area contributed by atoms with Crippen LogP contribution in [0.5, 0.6) is 0 Å². The van der Waals surface area contributed by atoms with Crippen LogP contribution < -0.4 is 0 Å². The Labute approximate surface area is 116 Å². The molecule has 3 aliphatic rings. The van der Waals surface area contributed by atoms with E-state index < -0.39 is 0 Å². The predicted molar refractivity (Wildman–Crippen MR) is 74.8 cm³/mol. The van der Waals surface area contributed by atoms with E-state index in [2.05, 4.69) is 18.9 Å². The molecule has 2 bridgehead atoms. The molecule has 3 rings (SSSR count). The lowest BCUT2D eigenvalue weighted by Gasteiger charge is -2.35. The number of esters is 1. The minimum absolute atomic E-state index is 0.0975. The third kappa shape index (κ3) is 2.31. The van der Waals surface area contributed by atoms with Gasteiger partial charge in [0.2, 0.25) is 0 Å². The van der Waals surface area contributed by atoms with Crippen LogP contribution in [0.2, 0.25) is 0 Å². The number of ether oxygens (including phenoxy) is 1. The number of nitrogens with zero attached hydrogens (tertiary/aromatic N) is 1. The van der Waals surface area contributed by atoms with Gasteiger partial charge in [-0.2, -0.15) is 0 Å². The van der Waals surface area contributed by atoms with Crippen LogP contribution >= 0.6 is 0 Å². The van der Waals surface area contributed by atoms with E-state index in [9.17, 15) is 4.79 Å². The minimum atomic E-state index is 0.0975. The van der Waals surface area contributed by atoms with Crippen molar-refractivity contribution in [3.8, 4) is 0 Å². The lowest BCUT2D eigenvalue weighted by atomic mass is 9.89. The zero-order valence-corrected chi connectivity index (χ0v) is 12.4. The van der Waals surface area contributed by atoms with Crippen molar-refractivity contribution < 1.29 is 9.53 Å². The molecule has 0 N–H and O–H groups in total. The first-order valence-corrected chi connectivity index (χ1v) is 8.02. The molecule has 1 heterocycles. The summed E-state index contributed by atoms with van der Waals surface area (Å²) in [7, 11) is 2.17. The average molecular weight is 265 g/mol. The number of likely N-dealkylation sites (N-methyl/N-ethyl adjacent to an activating group) is 1. The summed E-state index contributed by atoms with van der Waals surface area (Å²) in [6, 6.07) is 0. The first kappa shape index (κ1) is 13.4. The van der Waals surface area contributed by atoms with Gasteiger partial charge in [0, 0.05) is 0 Å². The maximum Gasteiger partial charge on any atom is 0.309 e. The summed E-state index contributed by atoms with van der Waals surface area (Å²) >= 11 is 0. The zero-order valence-electron chi connectivity index (χ0n) is 12.4. The number of likely N-dealkylation sites (tertiary alicyclic amines) is 1. The molecular formula is C16H27NO2. The van der Waals surface area contributed by atoms with Crippen LogP contribution in [0, 0.1) is 17.8 Å². The Balaban J connectivity index is 1.55. The zero-order chi connectivity index (χ0) is 13.5. The van der Waals surface area contributed by atoms with Crippen molar-refractivity contribution in [3.63, 3.8) is 0 Å². The highest BCUT2D eigenvalue weighted by atomic mass is 16.5. The number of fused-ring (bicyclic) bond motifs is 2. The van der Waals surface area contributed by atoms with E-state index >= 15 is 0 Å². The molecule has 2 saturated carbocycles. The van der Waals surface area contributed by atoms with Gasteiger partial charge in [-0.25, -0.2) is 0 Å². The van der Waals surface area contributed by atoms with E-state index in [1.807, 2.05) is 0 Å². The van der Waals surface area contributed by atoms with Crippen LogP contribution in [0.15, 0.2) is 0 Å². The van der Waals surface area contributed by atoms with Gasteiger partial charge in [0.15, 0.2) is 0 Å². The van der Waals surface area contributed by atoms with Crippen molar-refractivity contribution in [1.82, 2.24) is 4.90 Å². The topological polar surface area (TPSA) is 29.5 Å². The molecule has 0 unspecified atom stereocenters. The van der Waals surface area contributed by atoms with Crippen molar-refractivity contribution in [2.45, 2.75) is 57.4 Å². The van der Waals surface area contributed by atoms with E-state index in [-0.39, 0.29) is 17.4 Å². The molecule has 108 valence electrons. The summed E-state index contributed by atoms with van der Waals surface area (Å²) in [6.45, 7) is 3.96. The quantitative estimate of drug-likeness (QED) is 0.732. The Morgan fingerprint density at radius 1 is 1.37 bits per heavy atom. The summed E-state index contributed by atoms with van der Waals surface area (Å²) in [6.07, 6.45) is 8.45. The van der Waals surface area contributed by atoms with E-state index in [4.69, 9.17) is 4.74 Å². The maximum absolute atomic E-state index is 12.3. The first-order valence-electron chi connectivity index (χ1n) is 8.02. The summed E-state index contributed by atoms with van der Waals surface area (Å²) in [5, 5.41) is 0. The molecule has 1 saturated heterocycles. The van der Waals surface area contributed by atoms with Crippen LogP contribution in [-0.2, 0) is 9.53 Å². The van der Waals surface area contributed by atoms with Crippen molar-refractivity contribution in [1.29, 1.82) is 0 Å². The molecule has 1 aliphatic heterocycles. The van der Waals surface area contributed by atoms with Gasteiger partial charge in [0.25, 0.3) is 0 Å². The van der Waals surface area contributed by atoms with Gasteiger partial charge in [-0.1, -0.05) is 13.3 Å². The number of carbonyl (C=O) groups is 1. The van der Waals surface area contributed by atoms with E-state index in [1.54, 1.807) is 0 Å². The molecule has 0 aromatic carbocycles. The molecule has 19 heavy (non-hydrogen) atoms. The van der Waals surface area contributed by atoms with Gasteiger partial charge < -0.3 is 4.74 Å². The maximum atomic E-state index is 12.3. The molecule has 0 aromatic heterocycles.